The molecule has 0 bridgehead atoms. The van der Waals surface area contributed by atoms with Crippen LogP contribution in [0.3, 0.4) is 0 Å². The summed E-state index contributed by atoms with van der Waals surface area (Å²) in [5.41, 5.74) is 1.08. The molecule has 1 aromatic heterocycles. The molecule has 1 aliphatic carbocycles. The third-order valence-corrected chi connectivity index (χ3v) is 2.67. The van der Waals surface area contributed by atoms with Crippen molar-refractivity contribution < 1.29 is 4.39 Å². The lowest BCUT2D eigenvalue weighted by atomic mass is 10.1. The Bertz CT molecular complexity index is 276. The van der Waals surface area contributed by atoms with Crippen LogP contribution in [-0.4, -0.2) is 16.2 Å². The predicted molar refractivity (Wildman–Crippen MR) is 44.6 cm³/mol. The van der Waals surface area contributed by atoms with Gasteiger partial charge in [0.15, 0.2) is 0 Å². The zero-order chi connectivity index (χ0) is 8.60. The van der Waals surface area contributed by atoms with Gasteiger partial charge in [0.05, 0.1) is 13.0 Å². The van der Waals surface area contributed by atoms with E-state index in [0.717, 1.165) is 25.1 Å². The lowest BCUT2D eigenvalue weighted by Gasteiger charge is -2.12. The zero-order valence-electron chi connectivity index (χ0n) is 7.26. The quantitative estimate of drug-likeness (QED) is 0.674. The van der Waals surface area contributed by atoms with Gasteiger partial charge in [0.2, 0.25) is 0 Å². The summed E-state index contributed by atoms with van der Waals surface area (Å²) in [6, 6.07) is 0. The number of rotatable bonds is 3. The van der Waals surface area contributed by atoms with E-state index in [-0.39, 0.29) is 12.1 Å². The Kier molecular flexibility index (Phi) is 1.67. The summed E-state index contributed by atoms with van der Waals surface area (Å²) in [6.07, 6.45) is 5.65. The second-order valence-corrected chi connectivity index (χ2v) is 3.80. The summed E-state index contributed by atoms with van der Waals surface area (Å²) in [7, 11) is 0. The van der Waals surface area contributed by atoms with Gasteiger partial charge in [-0.05, 0) is 19.8 Å². The molecule has 1 aliphatic rings. The molecule has 2 nitrogen and oxygen atoms in total. The van der Waals surface area contributed by atoms with Crippen molar-refractivity contribution in [3.05, 3.63) is 18.2 Å². The van der Waals surface area contributed by atoms with E-state index in [1.807, 2.05) is 17.7 Å². The summed E-state index contributed by atoms with van der Waals surface area (Å²) >= 11 is 0. The van der Waals surface area contributed by atoms with Gasteiger partial charge in [0.25, 0.3) is 0 Å². The van der Waals surface area contributed by atoms with Crippen molar-refractivity contribution in [3.63, 3.8) is 0 Å². The molecule has 0 atom stereocenters. The Morgan fingerprint density at radius 3 is 2.83 bits per heavy atom. The Hall–Kier alpha value is -0.860. The number of hydrogen-bond donors (Lipinski definition) is 0. The van der Waals surface area contributed by atoms with Gasteiger partial charge in [-0.3, -0.25) is 4.39 Å². The van der Waals surface area contributed by atoms with E-state index in [4.69, 9.17) is 0 Å². The van der Waals surface area contributed by atoms with Crippen molar-refractivity contribution in [3.8, 4) is 0 Å². The first-order valence-corrected chi connectivity index (χ1v) is 4.28. The highest BCUT2D eigenvalue weighted by Gasteiger charge is 2.43. The van der Waals surface area contributed by atoms with Crippen LogP contribution in [0.15, 0.2) is 12.5 Å². The van der Waals surface area contributed by atoms with Gasteiger partial charge in [0, 0.05) is 23.9 Å². The van der Waals surface area contributed by atoms with Gasteiger partial charge in [-0.25, -0.2) is 4.98 Å². The molecule has 1 heterocycles. The molecule has 66 valence electrons. The van der Waals surface area contributed by atoms with Gasteiger partial charge < -0.3 is 4.57 Å². The second kappa shape index (κ2) is 2.57. The monoisotopic (exact) mass is 168 g/mol. The van der Waals surface area contributed by atoms with Crippen molar-refractivity contribution in [2.45, 2.75) is 26.3 Å². The molecule has 2 rings (SSSR count). The van der Waals surface area contributed by atoms with Gasteiger partial charge in [0.1, 0.15) is 0 Å². The number of aromatic nitrogens is 2. The molecule has 0 aliphatic heterocycles. The van der Waals surface area contributed by atoms with Crippen LogP contribution < -0.4 is 0 Å². The van der Waals surface area contributed by atoms with Crippen molar-refractivity contribution in [2.24, 2.45) is 5.41 Å². The molecule has 0 aromatic carbocycles. The molecule has 0 unspecified atom stereocenters. The minimum Gasteiger partial charge on any atom is -0.334 e. The molecular weight excluding hydrogens is 155 g/mol. The first-order chi connectivity index (χ1) is 5.76. The molecule has 0 amide bonds. The molecule has 0 saturated heterocycles. The first-order valence-electron chi connectivity index (χ1n) is 4.28. The van der Waals surface area contributed by atoms with E-state index >= 15 is 0 Å². The lowest BCUT2D eigenvalue weighted by molar-refractivity contribution is 0.303. The summed E-state index contributed by atoms with van der Waals surface area (Å²) in [6.45, 7) is 2.61. The molecule has 0 radical (unpaired) electrons. The van der Waals surface area contributed by atoms with E-state index in [1.165, 1.54) is 0 Å². The van der Waals surface area contributed by atoms with Crippen LogP contribution in [0, 0.1) is 12.3 Å². The van der Waals surface area contributed by atoms with Crippen molar-refractivity contribution >= 4 is 0 Å². The number of halogens is 1. The van der Waals surface area contributed by atoms with E-state index < -0.39 is 0 Å². The molecule has 1 saturated carbocycles. The van der Waals surface area contributed by atoms with E-state index in [9.17, 15) is 4.39 Å². The second-order valence-electron chi connectivity index (χ2n) is 3.80. The number of alkyl halides is 1. The van der Waals surface area contributed by atoms with Crippen LogP contribution in [0.1, 0.15) is 18.5 Å². The molecule has 1 fully saturated rings. The highest BCUT2D eigenvalue weighted by molar-refractivity contribution is 5.00. The molecule has 0 N–H and O–H groups in total. The Morgan fingerprint density at radius 2 is 2.42 bits per heavy atom. The predicted octanol–water partition coefficient (Wildman–Crippen LogP) is 1.94. The third kappa shape index (κ3) is 1.24. The van der Waals surface area contributed by atoms with Crippen molar-refractivity contribution in [1.82, 2.24) is 9.55 Å². The number of aryl methyl sites for hydroxylation is 1. The lowest BCUT2D eigenvalue weighted by Crippen LogP contribution is -2.13. The average molecular weight is 168 g/mol. The highest BCUT2D eigenvalue weighted by atomic mass is 19.1. The van der Waals surface area contributed by atoms with Crippen LogP contribution in [0.5, 0.6) is 0 Å². The maximum Gasteiger partial charge on any atom is 0.0967 e. The zero-order valence-corrected chi connectivity index (χ0v) is 7.26. The van der Waals surface area contributed by atoms with E-state index in [2.05, 4.69) is 4.98 Å². The average Bonchev–Trinajstić information content (AvgIpc) is 2.74. The SMILES string of the molecule is Cc1cncn1CC1(CF)CC1. The number of nitrogens with zero attached hydrogens (tertiary/aromatic N) is 2. The fourth-order valence-corrected chi connectivity index (χ4v) is 1.42. The van der Waals surface area contributed by atoms with Crippen molar-refractivity contribution in [1.29, 1.82) is 0 Å². The third-order valence-electron chi connectivity index (χ3n) is 2.67. The van der Waals surface area contributed by atoms with Crippen molar-refractivity contribution in [2.75, 3.05) is 6.67 Å². The van der Waals surface area contributed by atoms with Gasteiger partial charge in [-0.2, -0.15) is 0 Å². The van der Waals surface area contributed by atoms with Crippen LogP contribution in [0.25, 0.3) is 0 Å². The van der Waals surface area contributed by atoms with Crippen LogP contribution in [-0.2, 0) is 6.54 Å². The fraction of sp³-hybridized carbons (Fsp3) is 0.667. The minimum absolute atomic E-state index is 0.0362. The van der Waals surface area contributed by atoms with Gasteiger partial charge in [-0.15, -0.1) is 0 Å². The maximum atomic E-state index is 12.5. The summed E-state index contributed by atoms with van der Waals surface area (Å²) in [5, 5.41) is 0. The number of hydrogen-bond acceptors (Lipinski definition) is 1. The summed E-state index contributed by atoms with van der Waals surface area (Å²) in [4.78, 5) is 4.01. The topological polar surface area (TPSA) is 17.8 Å². The molecule has 1 aromatic rings. The molecule has 3 heteroatoms. The van der Waals surface area contributed by atoms with Gasteiger partial charge >= 0.3 is 0 Å². The molecule has 12 heavy (non-hydrogen) atoms. The minimum atomic E-state index is -0.190. The molecule has 0 spiro atoms. The summed E-state index contributed by atoms with van der Waals surface area (Å²) in [5.74, 6) is 0. The smallest absolute Gasteiger partial charge is 0.0967 e. The van der Waals surface area contributed by atoms with E-state index in [1.54, 1.807) is 6.33 Å². The largest absolute Gasteiger partial charge is 0.334 e. The Morgan fingerprint density at radius 1 is 1.67 bits per heavy atom. The first kappa shape index (κ1) is 7.77. The maximum absolute atomic E-state index is 12.5. The van der Waals surface area contributed by atoms with Gasteiger partial charge in [-0.1, -0.05) is 0 Å². The van der Waals surface area contributed by atoms with Crippen LogP contribution >= 0.6 is 0 Å². The number of imidazole rings is 1. The van der Waals surface area contributed by atoms with Crippen LogP contribution in [0.4, 0.5) is 4.39 Å². The molecular formula is C9H13FN2. The fourth-order valence-electron chi connectivity index (χ4n) is 1.42. The summed E-state index contributed by atoms with van der Waals surface area (Å²) < 4.78 is 14.6. The highest BCUT2D eigenvalue weighted by Crippen LogP contribution is 2.47. The Balaban J connectivity index is 2.08. The Labute approximate surface area is 71.4 Å². The standard InChI is InChI=1S/C9H13FN2/c1-8-4-11-7-12(8)6-9(5-10)2-3-9/h4,7H,2-3,5-6H2,1H3. The van der Waals surface area contributed by atoms with Crippen LogP contribution in [0.2, 0.25) is 0 Å². The normalized spacial score (nSPS) is 19.5. The van der Waals surface area contributed by atoms with E-state index in [0.29, 0.717) is 0 Å².